The largest absolute Gasteiger partial charge is 0.383 e. The summed E-state index contributed by atoms with van der Waals surface area (Å²) in [7, 11) is 1.71. The first-order chi connectivity index (χ1) is 9.64. The molecular weight excluding hydrogens is 252 g/mol. The van der Waals surface area contributed by atoms with Crippen LogP contribution in [0.15, 0.2) is 0 Å². The van der Waals surface area contributed by atoms with Crippen molar-refractivity contribution in [3.8, 4) is 0 Å². The number of methoxy groups -OCH3 is 1. The lowest BCUT2D eigenvalue weighted by molar-refractivity contribution is -0.147. The van der Waals surface area contributed by atoms with Crippen LogP contribution in [0, 0.1) is 11.3 Å². The van der Waals surface area contributed by atoms with Crippen LogP contribution in [-0.2, 0) is 9.53 Å². The number of ether oxygens (including phenoxy) is 1. The van der Waals surface area contributed by atoms with E-state index >= 15 is 0 Å². The number of nitrogens with zero attached hydrogens (tertiary/aromatic N) is 1. The fourth-order valence-corrected chi connectivity index (χ4v) is 3.44. The van der Waals surface area contributed by atoms with Crippen LogP contribution < -0.4 is 5.32 Å². The molecule has 2 rings (SSSR count). The molecule has 1 amide bonds. The molecule has 1 unspecified atom stereocenters. The number of hydrogen-bond acceptors (Lipinski definition) is 3. The summed E-state index contributed by atoms with van der Waals surface area (Å²) >= 11 is 0. The topological polar surface area (TPSA) is 41.6 Å². The highest BCUT2D eigenvalue weighted by Gasteiger charge is 2.43. The first-order valence-corrected chi connectivity index (χ1v) is 8.15. The highest BCUT2D eigenvalue weighted by Crippen LogP contribution is 2.39. The zero-order valence-electron chi connectivity index (χ0n) is 13.3. The van der Waals surface area contributed by atoms with Gasteiger partial charge in [0.2, 0.25) is 5.91 Å². The Morgan fingerprint density at radius 1 is 1.40 bits per heavy atom. The van der Waals surface area contributed by atoms with E-state index in [-0.39, 0.29) is 5.41 Å². The normalized spacial score (nSPS) is 23.4. The number of rotatable bonds is 7. The number of carbonyl (C=O) groups excluding carboxylic acids is 1. The molecule has 0 bridgehead atoms. The number of piperidine rings is 1. The maximum absolute atomic E-state index is 13.2. The monoisotopic (exact) mass is 282 g/mol. The molecule has 116 valence electrons. The SMILES string of the molecule is CCC1(C(=O)N(CCOC)C(C)C2CC2)CCNCC1. The maximum Gasteiger partial charge on any atom is 0.229 e. The molecule has 2 aliphatic rings. The molecule has 20 heavy (non-hydrogen) atoms. The zero-order valence-corrected chi connectivity index (χ0v) is 13.3. The molecule has 1 N–H and O–H groups in total. The van der Waals surface area contributed by atoms with Crippen molar-refractivity contribution in [2.24, 2.45) is 11.3 Å². The summed E-state index contributed by atoms with van der Waals surface area (Å²) in [5, 5.41) is 3.38. The van der Waals surface area contributed by atoms with E-state index in [1.807, 2.05) is 0 Å². The van der Waals surface area contributed by atoms with E-state index in [2.05, 4.69) is 24.1 Å². The second-order valence-electron chi connectivity index (χ2n) is 6.45. The van der Waals surface area contributed by atoms with E-state index in [1.165, 1.54) is 12.8 Å². The predicted molar refractivity (Wildman–Crippen MR) is 80.6 cm³/mol. The molecule has 1 aliphatic heterocycles. The van der Waals surface area contributed by atoms with Crippen LogP contribution in [-0.4, -0.2) is 50.2 Å². The van der Waals surface area contributed by atoms with Crippen molar-refractivity contribution in [1.29, 1.82) is 0 Å². The second-order valence-corrected chi connectivity index (χ2v) is 6.45. The van der Waals surface area contributed by atoms with Gasteiger partial charge >= 0.3 is 0 Å². The van der Waals surface area contributed by atoms with Gasteiger partial charge < -0.3 is 15.0 Å². The van der Waals surface area contributed by atoms with Gasteiger partial charge in [-0.3, -0.25) is 4.79 Å². The van der Waals surface area contributed by atoms with E-state index in [4.69, 9.17) is 4.74 Å². The van der Waals surface area contributed by atoms with Crippen molar-refractivity contribution >= 4 is 5.91 Å². The Kier molecular flexibility index (Phi) is 5.44. The van der Waals surface area contributed by atoms with Crippen LogP contribution in [0.4, 0.5) is 0 Å². The average molecular weight is 282 g/mol. The summed E-state index contributed by atoms with van der Waals surface area (Å²) in [5.74, 6) is 1.09. The summed E-state index contributed by atoms with van der Waals surface area (Å²) in [5.41, 5.74) is -0.137. The number of hydrogen-bond donors (Lipinski definition) is 1. The average Bonchev–Trinajstić information content (AvgIpc) is 3.32. The lowest BCUT2D eigenvalue weighted by atomic mass is 9.75. The highest BCUT2D eigenvalue weighted by atomic mass is 16.5. The quantitative estimate of drug-likeness (QED) is 0.777. The van der Waals surface area contributed by atoms with Gasteiger partial charge in [-0.05, 0) is 58.0 Å². The molecular formula is C16H30N2O2. The van der Waals surface area contributed by atoms with Crippen molar-refractivity contribution in [2.75, 3.05) is 33.4 Å². The van der Waals surface area contributed by atoms with Crippen LogP contribution >= 0.6 is 0 Å². The van der Waals surface area contributed by atoms with Gasteiger partial charge in [0.05, 0.1) is 12.0 Å². The Balaban J connectivity index is 2.10. The molecule has 1 saturated carbocycles. The molecule has 0 radical (unpaired) electrons. The molecule has 1 aliphatic carbocycles. The van der Waals surface area contributed by atoms with Crippen LogP contribution in [0.3, 0.4) is 0 Å². The van der Waals surface area contributed by atoms with E-state index < -0.39 is 0 Å². The Labute approximate surface area is 123 Å². The van der Waals surface area contributed by atoms with Gasteiger partial charge in [0.25, 0.3) is 0 Å². The molecule has 0 aromatic rings. The second kappa shape index (κ2) is 6.90. The minimum atomic E-state index is -0.137. The fourth-order valence-electron chi connectivity index (χ4n) is 3.44. The molecule has 0 spiro atoms. The third-order valence-electron chi connectivity index (χ3n) is 5.28. The standard InChI is InChI=1S/C16H30N2O2/c1-4-16(7-9-17-10-8-16)15(19)18(11-12-20-3)13(2)14-5-6-14/h13-14,17H,4-12H2,1-3H3. The Morgan fingerprint density at radius 3 is 2.55 bits per heavy atom. The van der Waals surface area contributed by atoms with Crippen LogP contribution in [0.2, 0.25) is 0 Å². The minimum absolute atomic E-state index is 0.137. The molecule has 1 atom stereocenters. The van der Waals surface area contributed by atoms with Gasteiger partial charge in [-0.25, -0.2) is 0 Å². The summed E-state index contributed by atoms with van der Waals surface area (Å²) < 4.78 is 5.22. The van der Waals surface area contributed by atoms with Gasteiger partial charge in [0.1, 0.15) is 0 Å². The third-order valence-corrected chi connectivity index (χ3v) is 5.28. The van der Waals surface area contributed by atoms with Crippen LogP contribution in [0.5, 0.6) is 0 Å². The minimum Gasteiger partial charge on any atom is -0.383 e. The van der Waals surface area contributed by atoms with Gasteiger partial charge in [-0.15, -0.1) is 0 Å². The van der Waals surface area contributed by atoms with Crippen LogP contribution in [0.25, 0.3) is 0 Å². The Morgan fingerprint density at radius 2 is 2.05 bits per heavy atom. The smallest absolute Gasteiger partial charge is 0.229 e. The number of carbonyl (C=O) groups is 1. The first-order valence-electron chi connectivity index (χ1n) is 8.15. The fraction of sp³-hybridized carbons (Fsp3) is 0.938. The first kappa shape index (κ1) is 15.8. The zero-order chi connectivity index (χ0) is 14.6. The van der Waals surface area contributed by atoms with Crippen molar-refractivity contribution in [2.45, 2.75) is 52.0 Å². The molecule has 0 aromatic carbocycles. The predicted octanol–water partition coefficient (Wildman–Crippen LogP) is 2.04. The van der Waals surface area contributed by atoms with Crippen molar-refractivity contribution in [1.82, 2.24) is 10.2 Å². The van der Waals surface area contributed by atoms with Gasteiger partial charge in [-0.1, -0.05) is 6.92 Å². The van der Waals surface area contributed by atoms with E-state index in [1.54, 1.807) is 7.11 Å². The Hall–Kier alpha value is -0.610. The van der Waals surface area contributed by atoms with Crippen molar-refractivity contribution in [3.63, 3.8) is 0 Å². The molecule has 0 aromatic heterocycles. The van der Waals surface area contributed by atoms with Crippen molar-refractivity contribution in [3.05, 3.63) is 0 Å². The highest BCUT2D eigenvalue weighted by molar-refractivity contribution is 5.83. The maximum atomic E-state index is 13.2. The number of nitrogens with one attached hydrogen (secondary N) is 1. The Bertz CT molecular complexity index is 322. The lowest BCUT2D eigenvalue weighted by Gasteiger charge is -2.42. The summed E-state index contributed by atoms with van der Waals surface area (Å²) in [6, 6.07) is 0.371. The van der Waals surface area contributed by atoms with Gasteiger partial charge in [-0.2, -0.15) is 0 Å². The molecule has 4 nitrogen and oxygen atoms in total. The van der Waals surface area contributed by atoms with E-state index in [0.717, 1.165) is 38.9 Å². The number of amides is 1. The van der Waals surface area contributed by atoms with E-state index in [9.17, 15) is 4.79 Å². The van der Waals surface area contributed by atoms with Gasteiger partial charge in [0, 0.05) is 19.7 Å². The summed E-state index contributed by atoms with van der Waals surface area (Å²) in [4.78, 5) is 15.3. The van der Waals surface area contributed by atoms with E-state index in [0.29, 0.717) is 24.5 Å². The van der Waals surface area contributed by atoms with Crippen LogP contribution in [0.1, 0.15) is 46.0 Å². The third kappa shape index (κ3) is 3.34. The summed E-state index contributed by atoms with van der Waals surface area (Å²) in [6.07, 6.45) is 5.46. The van der Waals surface area contributed by atoms with Crippen molar-refractivity contribution < 1.29 is 9.53 Å². The molecule has 2 fully saturated rings. The molecule has 1 heterocycles. The molecule has 4 heteroatoms. The summed E-state index contributed by atoms with van der Waals surface area (Å²) in [6.45, 7) is 7.70. The van der Waals surface area contributed by atoms with Gasteiger partial charge in [0.15, 0.2) is 0 Å². The lowest BCUT2D eigenvalue weighted by Crippen LogP contribution is -2.53. The molecule has 1 saturated heterocycles.